The number of rotatable bonds is 4. The van der Waals surface area contributed by atoms with Crippen molar-refractivity contribution in [1.29, 1.82) is 0 Å². The first kappa shape index (κ1) is 13.0. The summed E-state index contributed by atoms with van der Waals surface area (Å²) in [4.78, 5) is 0. The first-order chi connectivity index (χ1) is 6.95. The van der Waals surface area contributed by atoms with Gasteiger partial charge >= 0.3 is 0 Å². The first-order valence-corrected chi connectivity index (χ1v) is 6.46. The van der Waals surface area contributed by atoms with Gasteiger partial charge in [0.25, 0.3) is 0 Å². The maximum atomic E-state index is 10.1. The number of hydrogen-bond donors (Lipinski definition) is 1. The standard InChI is InChI=1S/C13H19IO/c1-4-13(2,3)12(15)9-10-5-7-11(14)8-6-10/h5-8,12,15H,4,9H2,1-3H3. The monoisotopic (exact) mass is 318 g/mol. The minimum Gasteiger partial charge on any atom is -0.392 e. The van der Waals surface area contributed by atoms with Crippen molar-refractivity contribution in [3.8, 4) is 0 Å². The van der Waals surface area contributed by atoms with Crippen LogP contribution in [-0.4, -0.2) is 11.2 Å². The third-order valence-corrected chi connectivity index (χ3v) is 3.87. The van der Waals surface area contributed by atoms with Gasteiger partial charge in [0.15, 0.2) is 0 Å². The van der Waals surface area contributed by atoms with Crippen LogP contribution in [0.2, 0.25) is 0 Å². The van der Waals surface area contributed by atoms with Crippen molar-refractivity contribution in [3.63, 3.8) is 0 Å². The van der Waals surface area contributed by atoms with Crippen LogP contribution < -0.4 is 0 Å². The highest BCUT2D eigenvalue weighted by Crippen LogP contribution is 2.27. The van der Waals surface area contributed by atoms with Gasteiger partial charge in [-0.3, -0.25) is 0 Å². The van der Waals surface area contributed by atoms with Crippen LogP contribution in [0, 0.1) is 8.99 Å². The summed E-state index contributed by atoms with van der Waals surface area (Å²) in [5.74, 6) is 0. The molecule has 0 aliphatic rings. The Bertz CT molecular complexity index is 303. The van der Waals surface area contributed by atoms with Gasteiger partial charge in [-0.2, -0.15) is 0 Å². The summed E-state index contributed by atoms with van der Waals surface area (Å²) < 4.78 is 1.24. The molecule has 84 valence electrons. The van der Waals surface area contributed by atoms with E-state index in [-0.39, 0.29) is 11.5 Å². The Morgan fingerprint density at radius 1 is 1.27 bits per heavy atom. The van der Waals surface area contributed by atoms with Crippen LogP contribution in [0.1, 0.15) is 32.8 Å². The molecule has 0 radical (unpaired) electrons. The topological polar surface area (TPSA) is 20.2 Å². The second kappa shape index (κ2) is 5.30. The molecule has 0 aliphatic heterocycles. The molecule has 0 spiro atoms. The molecule has 0 fully saturated rings. The fraction of sp³-hybridized carbons (Fsp3) is 0.538. The maximum Gasteiger partial charge on any atom is 0.0631 e. The van der Waals surface area contributed by atoms with Gasteiger partial charge in [0.05, 0.1) is 6.10 Å². The molecule has 0 saturated carbocycles. The number of benzene rings is 1. The predicted octanol–water partition coefficient (Wildman–Crippen LogP) is 3.63. The van der Waals surface area contributed by atoms with E-state index in [1.165, 1.54) is 9.13 Å². The molecule has 0 saturated heterocycles. The number of aliphatic hydroxyl groups is 1. The Labute approximate surface area is 106 Å². The zero-order valence-corrected chi connectivity index (χ0v) is 11.8. The number of halogens is 1. The van der Waals surface area contributed by atoms with E-state index >= 15 is 0 Å². The quantitative estimate of drug-likeness (QED) is 0.841. The molecule has 1 atom stereocenters. The third-order valence-electron chi connectivity index (χ3n) is 3.16. The summed E-state index contributed by atoms with van der Waals surface area (Å²) in [6.07, 6.45) is 1.48. The highest BCUT2D eigenvalue weighted by molar-refractivity contribution is 14.1. The molecule has 2 heteroatoms. The smallest absolute Gasteiger partial charge is 0.0631 e. The largest absolute Gasteiger partial charge is 0.392 e. The summed E-state index contributed by atoms with van der Waals surface area (Å²) in [5.41, 5.74) is 1.22. The van der Waals surface area contributed by atoms with Crippen LogP contribution >= 0.6 is 22.6 Å². The number of aliphatic hydroxyl groups excluding tert-OH is 1. The van der Waals surface area contributed by atoms with Gasteiger partial charge in [0.2, 0.25) is 0 Å². The normalized spacial score (nSPS) is 13.9. The molecule has 0 heterocycles. The lowest BCUT2D eigenvalue weighted by molar-refractivity contribution is 0.0479. The van der Waals surface area contributed by atoms with Crippen LogP contribution in [0.3, 0.4) is 0 Å². The van der Waals surface area contributed by atoms with E-state index in [9.17, 15) is 5.11 Å². The Morgan fingerprint density at radius 3 is 2.27 bits per heavy atom. The minimum atomic E-state index is -0.262. The van der Waals surface area contributed by atoms with Crippen LogP contribution in [0.4, 0.5) is 0 Å². The molecule has 0 bridgehead atoms. The van der Waals surface area contributed by atoms with Gasteiger partial charge in [0.1, 0.15) is 0 Å². The van der Waals surface area contributed by atoms with Crippen molar-refractivity contribution in [3.05, 3.63) is 33.4 Å². The summed E-state index contributed by atoms with van der Waals surface area (Å²) in [7, 11) is 0. The third kappa shape index (κ3) is 3.76. The molecule has 1 unspecified atom stereocenters. The molecule has 1 rings (SSSR count). The van der Waals surface area contributed by atoms with Crippen molar-refractivity contribution in [2.75, 3.05) is 0 Å². The van der Waals surface area contributed by atoms with Crippen molar-refractivity contribution in [2.45, 2.75) is 39.7 Å². The zero-order chi connectivity index (χ0) is 11.5. The van der Waals surface area contributed by atoms with Crippen molar-refractivity contribution < 1.29 is 5.11 Å². The maximum absolute atomic E-state index is 10.1. The van der Waals surface area contributed by atoms with E-state index in [1.807, 2.05) is 0 Å². The Hall–Kier alpha value is -0.0900. The van der Waals surface area contributed by atoms with E-state index < -0.39 is 0 Å². The Morgan fingerprint density at radius 2 is 1.80 bits per heavy atom. The highest BCUT2D eigenvalue weighted by Gasteiger charge is 2.25. The fourth-order valence-corrected chi connectivity index (χ4v) is 1.72. The van der Waals surface area contributed by atoms with Crippen molar-refractivity contribution in [2.24, 2.45) is 5.41 Å². The highest BCUT2D eigenvalue weighted by atomic mass is 127. The van der Waals surface area contributed by atoms with E-state index in [1.54, 1.807) is 0 Å². The molecule has 0 amide bonds. The van der Waals surface area contributed by atoms with E-state index in [2.05, 4.69) is 67.6 Å². The van der Waals surface area contributed by atoms with Gasteiger partial charge in [-0.25, -0.2) is 0 Å². The van der Waals surface area contributed by atoms with E-state index in [0.29, 0.717) is 0 Å². The molecule has 1 aromatic carbocycles. The average Bonchev–Trinajstić information content (AvgIpc) is 2.21. The van der Waals surface area contributed by atoms with Gasteiger partial charge in [-0.1, -0.05) is 32.9 Å². The molecule has 0 aromatic heterocycles. The fourth-order valence-electron chi connectivity index (χ4n) is 1.36. The summed E-state index contributed by atoms with van der Waals surface area (Å²) in [6.45, 7) is 6.35. The van der Waals surface area contributed by atoms with E-state index in [0.717, 1.165) is 12.8 Å². The van der Waals surface area contributed by atoms with Crippen LogP contribution in [0.5, 0.6) is 0 Å². The molecule has 1 N–H and O–H groups in total. The van der Waals surface area contributed by atoms with Crippen LogP contribution in [0.25, 0.3) is 0 Å². The average molecular weight is 318 g/mol. The lowest BCUT2D eigenvalue weighted by Crippen LogP contribution is -2.30. The molecule has 0 aliphatic carbocycles. The van der Waals surface area contributed by atoms with Gasteiger partial charge in [-0.05, 0) is 58.5 Å². The van der Waals surface area contributed by atoms with Crippen LogP contribution in [0.15, 0.2) is 24.3 Å². The Kier molecular flexibility index (Phi) is 4.59. The molecular weight excluding hydrogens is 299 g/mol. The molecular formula is C13H19IO. The zero-order valence-electron chi connectivity index (χ0n) is 9.63. The van der Waals surface area contributed by atoms with Gasteiger partial charge in [0, 0.05) is 3.57 Å². The second-order valence-corrected chi connectivity index (χ2v) is 5.93. The molecule has 15 heavy (non-hydrogen) atoms. The summed E-state index contributed by atoms with van der Waals surface area (Å²) >= 11 is 2.29. The lowest BCUT2D eigenvalue weighted by atomic mass is 9.81. The van der Waals surface area contributed by atoms with Crippen molar-refractivity contribution in [1.82, 2.24) is 0 Å². The SMILES string of the molecule is CCC(C)(C)C(O)Cc1ccc(I)cc1. The predicted molar refractivity (Wildman–Crippen MR) is 72.9 cm³/mol. The summed E-state index contributed by atoms with van der Waals surface area (Å²) in [6, 6.07) is 8.36. The lowest BCUT2D eigenvalue weighted by Gasteiger charge is -2.29. The van der Waals surface area contributed by atoms with E-state index in [4.69, 9.17) is 0 Å². The Balaban J connectivity index is 2.66. The van der Waals surface area contributed by atoms with Crippen LogP contribution in [-0.2, 0) is 6.42 Å². The van der Waals surface area contributed by atoms with Gasteiger partial charge in [-0.15, -0.1) is 0 Å². The number of hydrogen-bond acceptors (Lipinski definition) is 1. The molecule has 1 aromatic rings. The molecule has 1 nitrogen and oxygen atoms in total. The minimum absolute atomic E-state index is 0.00297. The first-order valence-electron chi connectivity index (χ1n) is 5.38. The van der Waals surface area contributed by atoms with Crippen molar-refractivity contribution >= 4 is 22.6 Å². The summed E-state index contributed by atoms with van der Waals surface area (Å²) in [5, 5.41) is 10.1. The van der Waals surface area contributed by atoms with Gasteiger partial charge < -0.3 is 5.11 Å². The second-order valence-electron chi connectivity index (χ2n) is 4.69.